The fraction of sp³-hybridized carbons (Fsp3) is 0.308. The number of halogens is 1. The lowest BCUT2D eigenvalue weighted by Crippen LogP contribution is -2.22. The van der Waals surface area contributed by atoms with E-state index in [1.807, 2.05) is 23.0 Å². The van der Waals surface area contributed by atoms with Crippen LogP contribution >= 0.6 is 15.9 Å². The average Bonchev–Trinajstić information content (AvgIpc) is 3.09. The van der Waals surface area contributed by atoms with Gasteiger partial charge in [0.1, 0.15) is 10.4 Å². The Morgan fingerprint density at radius 3 is 3.00 bits per heavy atom. The summed E-state index contributed by atoms with van der Waals surface area (Å²) in [7, 11) is 0. The number of nitrogens with zero attached hydrogens (tertiary/aromatic N) is 4. The highest BCUT2D eigenvalue weighted by Crippen LogP contribution is 2.14. The van der Waals surface area contributed by atoms with Crippen molar-refractivity contribution in [3.05, 3.63) is 47.1 Å². The Morgan fingerprint density at radius 2 is 2.25 bits per heavy atom. The predicted molar refractivity (Wildman–Crippen MR) is 79.1 cm³/mol. The minimum atomic E-state index is 0.209. The van der Waals surface area contributed by atoms with Gasteiger partial charge >= 0.3 is 0 Å². The van der Waals surface area contributed by atoms with E-state index in [1.165, 1.54) is 0 Å². The molecule has 0 saturated heterocycles. The molecule has 0 amide bonds. The van der Waals surface area contributed by atoms with E-state index in [2.05, 4.69) is 48.1 Å². The predicted octanol–water partition coefficient (Wildman–Crippen LogP) is 2.46. The highest BCUT2D eigenvalue weighted by molar-refractivity contribution is 9.10. The number of H-pyrrole nitrogens is 1. The number of fused-ring (bicyclic) bond motifs is 1. The summed E-state index contributed by atoms with van der Waals surface area (Å²) < 4.78 is 2.82. The van der Waals surface area contributed by atoms with E-state index in [1.54, 1.807) is 12.4 Å². The van der Waals surface area contributed by atoms with E-state index >= 15 is 0 Å². The first kappa shape index (κ1) is 13.3. The quantitative estimate of drug-likeness (QED) is 0.751. The van der Waals surface area contributed by atoms with Gasteiger partial charge in [-0.15, -0.1) is 0 Å². The second-order valence-corrected chi connectivity index (χ2v) is 5.32. The molecular weight excluding hydrogens is 320 g/mol. The molecular formula is C13H15BrN6. The topological polar surface area (TPSA) is 70.9 Å². The Hall–Kier alpha value is -1.73. The standard InChI is InChI=1S/C13H15BrN6/c1-2-10(13-15-3-4-16-13)17-5-9-6-19-12-7-18-11(14)8-20(9)12/h3-4,6-8,10,17H,2,5H2,1H3,(H,15,16). The van der Waals surface area contributed by atoms with Crippen LogP contribution in [0, 0.1) is 0 Å². The molecule has 6 nitrogen and oxygen atoms in total. The van der Waals surface area contributed by atoms with Crippen molar-refractivity contribution < 1.29 is 0 Å². The highest BCUT2D eigenvalue weighted by Gasteiger charge is 2.12. The molecule has 3 aromatic rings. The fourth-order valence-electron chi connectivity index (χ4n) is 2.18. The molecule has 1 atom stereocenters. The fourth-order valence-corrected chi connectivity index (χ4v) is 2.48. The van der Waals surface area contributed by atoms with Gasteiger partial charge in [0.2, 0.25) is 0 Å². The Kier molecular flexibility index (Phi) is 3.79. The summed E-state index contributed by atoms with van der Waals surface area (Å²) in [5.41, 5.74) is 1.93. The van der Waals surface area contributed by atoms with Gasteiger partial charge in [0, 0.05) is 25.1 Å². The van der Waals surface area contributed by atoms with Gasteiger partial charge in [0.05, 0.1) is 24.1 Å². The summed E-state index contributed by atoms with van der Waals surface area (Å²) in [5.74, 6) is 0.962. The molecule has 3 aromatic heterocycles. The zero-order valence-corrected chi connectivity index (χ0v) is 12.6. The average molecular weight is 335 g/mol. The molecule has 104 valence electrons. The summed E-state index contributed by atoms with van der Waals surface area (Å²) in [6, 6.07) is 0.209. The van der Waals surface area contributed by atoms with Gasteiger partial charge < -0.3 is 10.3 Å². The monoisotopic (exact) mass is 334 g/mol. The van der Waals surface area contributed by atoms with E-state index in [0.29, 0.717) is 0 Å². The van der Waals surface area contributed by atoms with E-state index < -0.39 is 0 Å². The smallest absolute Gasteiger partial charge is 0.155 e. The molecule has 0 bridgehead atoms. The molecule has 0 saturated carbocycles. The molecule has 0 aliphatic heterocycles. The Balaban J connectivity index is 1.78. The lowest BCUT2D eigenvalue weighted by atomic mass is 10.2. The van der Waals surface area contributed by atoms with Crippen LogP contribution in [0.3, 0.4) is 0 Å². The van der Waals surface area contributed by atoms with E-state index in [0.717, 1.165) is 34.7 Å². The number of imidazole rings is 2. The summed E-state index contributed by atoms with van der Waals surface area (Å²) >= 11 is 3.38. The first-order valence-electron chi connectivity index (χ1n) is 6.48. The van der Waals surface area contributed by atoms with Crippen LogP contribution in [-0.2, 0) is 6.54 Å². The van der Waals surface area contributed by atoms with Crippen molar-refractivity contribution in [3.63, 3.8) is 0 Å². The molecule has 0 aliphatic rings. The van der Waals surface area contributed by atoms with Crippen LogP contribution in [0.2, 0.25) is 0 Å². The van der Waals surface area contributed by atoms with Crippen molar-refractivity contribution in [1.82, 2.24) is 29.7 Å². The van der Waals surface area contributed by atoms with Gasteiger partial charge in [0.25, 0.3) is 0 Å². The highest BCUT2D eigenvalue weighted by atomic mass is 79.9. The number of aromatic nitrogens is 5. The second-order valence-electron chi connectivity index (χ2n) is 4.50. The summed E-state index contributed by atoms with van der Waals surface area (Å²) in [4.78, 5) is 16.0. The van der Waals surface area contributed by atoms with Gasteiger partial charge in [-0.1, -0.05) is 6.92 Å². The largest absolute Gasteiger partial charge is 0.347 e. The molecule has 3 heterocycles. The number of hydrogen-bond donors (Lipinski definition) is 2. The van der Waals surface area contributed by atoms with Crippen molar-refractivity contribution in [2.24, 2.45) is 0 Å². The van der Waals surface area contributed by atoms with Crippen molar-refractivity contribution >= 4 is 21.6 Å². The minimum absolute atomic E-state index is 0.209. The second kappa shape index (κ2) is 5.72. The zero-order chi connectivity index (χ0) is 13.9. The summed E-state index contributed by atoms with van der Waals surface area (Å²) in [5, 5.41) is 3.50. The molecule has 2 N–H and O–H groups in total. The van der Waals surface area contributed by atoms with Gasteiger partial charge in [-0.3, -0.25) is 4.40 Å². The maximum atomic E-state index is 4.34. The Morgan fingerprint density at radius 1 is 1.35 bits per heavy atom. The molecule has 20 heavy (non-hydrogen) atoms. The maximum Gasteiger partial charge on any atom is 0.155 e. The van der Waals surface area contributed by atoms with Gasteiger partial charge in [-0.05, 0) is 22.4 Å². The zero-order valence-electron chi connectivity index (χ0n) is 11.0. The number of nitrogens with one attached hydrogen (secondary N) is 2. The molecule has 0 spiro atoms. The van der Waals surface area contributed by atoms with E-state index in [-0.39, 0.29) is 6.04 Å². The molecule has 1 unspecified atom stereocenters. The van der Waals surface area contributed by atoms with Crippen LogP contribution in [0.4, 0.5) is 0 Å². The van der Waals surface area contributed by atoms with Crippen LogP contribution in [0.25, 0.3) is 5.65 Å². The van der Waals surface area contributed by atoms with E-state index in [9.17, 15) is 0 Å². The first-order chi connectivity index (χ1) is 9.78. The summed E-state index contributed by atoms with van der Waals surface area (Å²) in [6.07, 6.45) is 10.1. The van der Waals surface area contributed by atoms with Crippen LogP contribution in [-0.4, -0.2) is 24.3 Å². The summed E-state index contributed by atoms with van der Waals surface area (Å²) in [6.45, 7) is 2.85. The Bertz CT molecular complexity index is 690. The number of hydrogen-bond acceptors (Lipinski definition) is 4. The lowest BCUT2D eigenvalue weighted by molar-refractivity contribution is 0.492. The molecule has 0 radical (unpaired) electrons. The van der Waals surface area contributed by atoms with Crippen molar-refractivity contribution in [2.75, 3.05) is 0 Å². The van der Waals surface area contributed by atoms with Crippen LogP contribution in [0.1, 0.15) is 30.9 Å². The van der Waals surface area contributed by atoms with Crippen molar-refractivity contribution in [1.29, 1.82) is 0 Å². The molecule has 0 aliphatic carbocycles. The van der Waals surface area contributed by atoms with Crippen molar-refractivity contribution in [2.45, 2.75) is 25.9 Å². The third-order valence-electron chi connectivity index (χ3n) is 3.23. The molecule has 0 aromatic carbocycles. The van der Waals surface area contributed by atoms with E-state index in [4.69, 9.17) is 0 Å². The molecule has 7 heteroatoms. The minimum Gasteiger partial charge on any atom is -0.347 e. The lowest BCUT2D eigenvalue weighted by Gasteiger charge is -2.14. The first-order valence-corrected chi connectivity index (χ1v) is 7.27. The van der Waals surface area contributed by atoms with Gasteiger partial charge in [0.15, 0.2) is 5.65 Å². The van der Waals surface area contributed by atoms with Gasteiger partial charge in [-0.2, -0.15) is 0 Å². The SMILES string of the molecule is CCC(NCc1cnc2cnc(Br)cn12)c1ncc[nH]1. The number of rotatable bonds is 5. The molecule has 3 rings (SSSR count). The van der Waals surface area contributed by atoms with Crippen molar-refractivity contribution in [3.8, 4) is 0 Å². The third kappa shape index (κ3) is 2.59. The number of aromatic amines is 1. The van der Waals surface area contributed by atoms with Gasteiger partial charge in [-0.25, -0.2) is 15.0 Å². The maximum absolute atomic E-state index is 4.34. The van der Waals surface area contributed by atoms with Crippen LogP contribution in [0.5, 0.6) is 0 Å². The molecule has 0 fully saturated rings. The van der Waals surface area contributed by atoms with Crippen LogP contribution < -0.4 is 5.32 Å². The van der Waals surface area contributed by atoms with Crippen LogP contribution in [0.15, 0.2) is 35.6 Å². The normalized spacial score (nSPS) is 12.9. The third-order valence-corrected chi connectivity index (χ3v) is 3.64. The Labute approximate surface area is 124 Å².